The maximum atomic E-state index is 15.2. The molecule has 0 radical (unpaired) electrons. The van der Waals surface area contributed by atoms with Crippen molar-refractivity contribution in [2.24, 2.45) is 41.4 Å². The van der Waals surface area contributed by atoms with Crippen molar-refractivity contribution in [3.8, 4) is 6.07 Å². The lowest BCUT2D eigenvalue weighted by Crippen LogP contribution is -2.63. The molecule has 11 amide bonds. The number of aliphatic hydroxyl groups excluding tert-OH is 1. The molecule has 1 unspecified atom stereocenters. The number of carbonyl (C=O) groups excluding carboxylic acids is 11. The van der Waals surface area contributed by atoms with Crippen LogP contribution in [0.5, 0.6) is 0 Å². The van der Waals surface area contributed by atoms with Crippen molar-refractivity contribution < 1.29 is 57.8 Å². The Morgan fingerprint density at radius 2 is 0.933 bits per heavy atom. The van der Waals surface area contributed by atoms with Crippen LogP contribution in [0.3, 0.4) is 0 Å². The number of nitriles is 1. The van der Waals surface area contributed by atoms with Crippen molar-refractivity contribution >= 4 is 65.0 Å². The molecule has 0 aromatic heterocycles. The minimum absolute atomic E-state index is 0.00190. The molecule has 0 aromatic carbocycles. The van der Waals surface area contributed by atoms with Gasteiger partial charge in [-0.3, -0.25) is 52.7 Å². The fourth-order valence-corrected chi connectivity index (χ4v) is 11.1. The summed E-state index contributed by atoms with van der Waals surface area (Å²) in [6.45, 7) is 27.4. The number of rotatable bonds is 18. The van der Waals surface area contributed by atoms with Gasteiger partial charge in [0.25, 0.3) is 0 Å². The largest absolute Gasteiger partial charge is 0.390 e. The van der Waals surface area contributed by atoms with Gasteiger partial charge in [-0.1, -0.05) is 109 Å². The van der Waals surface area contributed by atoms with Crippen molar-refractivity contribution in [2.45, 2.75) is 235 Å². The van der Waals surface area contributed by atoms with Crippen LogP contribution in [-0.4, -0.2) is 227 Å². The van der Waals surface area contributed by atoms with Crippen LogP contribution in [-0.2, 0) is 52.7 Å². The number of hydrogen-bond donors (Lipinski definition) is 5. The summed E-state index contributed by atoms with van der Waals surface area (Å²) in [5.41, 5.74) is 0. The zero-order valence-electron chi connectivity index (χ0n) is 58.1. The Morgan fingerprint density at radius 1 is 0.494 bits per heavy atom. The molecule has 12 atom stereocenters. The van der Waals surface area contributed by atoms with Gasteiger partial charge in [0.15, 0.2) is 0 Å². The van der Waals surface area contributed by atoms with E-state index in [1.807, 2.05) is 67.5 Å². The molecule has 1 saturated heterocycles. The SMILES string of the molecule is CC[C@@H]1NC(=O)C([C@H](O)[C@H](C)C/C=C/CCCC#N)N(C)C(=O)[C@H](C(C)C)N(C)C(=O)[C@H](CC(C)C)N(C)C(=O)[C@H](CC(C)C)N(C)C(=O)[C@@H](C)NC(=O)[C@H](C)NC(=O)[C@H](CC(C)C)N(C)C(=O)[C@H](C(C)C)NC(=O)[C@H](CC(C)C)N(C)C(=O)CN(C)C1=O. The smallest absolute Gasteiger partial charge is 0.246 e. The third kappa shape index (κ3) is 23.6. The van der Waals surface area contributed by atoms with Crippen molar-refractivity contribution in [1.82, 2.24) is 55.6 Å². The van der Waals surface area contributed by atoms with E-state index in [4.69, 9.17) is 5.26 Å². The molecular weight excluding hydrogens is 1140 g/mol. The molecule has 0 spiro atoms. The van der Waals surface area contributed by atoms with Crippen LogP contribution in [0.4, 0.5) is 0 Å². The lowest BCUT2D eigenvalue weighted by Gasteiger charge is -2.41. The molecular formula is C65H114N12O12. The topological polar surface area (TPSA) is 303 Å². The minimum atomic E-state index is -1.65. The molecule has 24 heteroatoms. The van der Waals surface area contributed by atoms with Gasteiger partial charge >= 0.3 is 0 Å². The van der Waals surface area contributed by atoms with Crippen molar-refractivity contribution in [3.05, 3.63) is 12.2 Å². The normalized spacial score (nSPS) is 26.1. The van der Waals surface area contributed by atoms with Gasteiger partial charge in [0.05, 0.1) is 18.7 Å². The van der Waals surface area contributed by atoms with Gasteiger partial charge in [-0.2, -0.15) is 5.26 Å². The van der Waals surface area contributed by atoms with Crippen molar-refractivity contribution in [1.29, 1.82) is 5.26 Å². The molecule has 1 aliphatic rings. The van der Waals surface area contributed by atoms with Crippen LogP contribution < -0.4 is 21.3 Å². The Morgan fingerprint density at radius 3 is 1.40 bits per heavy atom. The molecule has 1 heterocycles. The second-order valence-electron chi connectivity index (χ2n) is 27.0. The van der Waals surface area contributed by atoms with Crippen LogP contribution in [0.25, 0.3) is 0 Å². The molecule has 1 aliphatic heterocycles. The number of amides is 11. The van der Waals surface area contributed by atoms with E-state index in [2.05, 4.69) is 27.3 Å². The summed E-state index contributed by atoms with van der Waals surface area (Å²) < 4.78 is 0. The van der Waals surface area contributed by atoms with E-state index in [-0.39, 0.29) is 62.2 Å². The van der Waals surface area contributed by atoms with E-state index in [1.165, 1.54) is 87.7 Å². The number of nitrogens with one attached hydrogen (secondary N) is 4. The van der Waals surface area contributed by atoms with Crippen molar-refractivity contribution in [2.75, 3.05) is 55.9 Å². The second-order valence-corrected chi connectivity index (χ2v) is 27.0. The van der Waals surface area contributed by atoms with Gasteiger partial charge in [-0.25, -0.2) is 0 Å². The predicted molar refractivity (Wildman–Crippen MR) is 342 cm³/mol. The average Bonchev–Trinajstić information content (AvgIpc) is 1.62. The lowest BCUT2D eigenvalue weighted by atomic mass is 9.91. The zero-order chi connectivity index (χ0) is 68.8. The summed E-state index contributed by atoms with van der Waals surface area (Å²) in [6, 6.07) is -10.4. The van der Waals surface area contributed by atoms with Gasteiger partial charge in [0.2, 0.25) is 65.0 Å². The number of hydrogen-bond acceptors (Lipinski definition) is 13. The van der Waals surface area contributed by atoms with E-state index >= 15 is 14.4 Å². The average molecular weight is 1260 g/mol. The molecule has 0 aromatic rings. The van der Waals surface area contributed by atoms with Crippen LogP contribution in [0.2, 0.25) is 0 Å². The molecule has 506 valence electrons. The summed E-state index contributed by atoms with van der Waals surface area (Å²) in [5, 5.41) is 32.3. The molecule has 0 aliphatic carbocycles. The molecule has 0 saturated carbocycles. The van der Waals surface area contributed by atoms with Crippen LogP contribution >= 0.6 is 0 Å². The fourth-order valence-electron chi connectivity index (χ4n) is 11.1. The number of aliphatic hydroxyl groups is 1. The number of likely N-dealkylation sites (N-methyl/N-ethyl adjacent to an activating group) is 7. The van der Waals surface area contributed by atoms with Gasteiger partial charge in [-0.05, 0) is 107 Å². The first-order valence-electron chi connectivity index (χ1n) is 32.0. The Kier molecular flexibility index (Phi) is 33.9. The Labute approximate surface area is 532 Å². The quantitative estimate of drug-likeness (QED) is 0.0961. The third-order valence-electron chi connectivity index (χ3n) is 16.7. The Balaban J connectivity index is 4.35. The monoisotopic (exact) mass is 1250 g/mol. The van der Waals surface area contributed by atoms with Crippen LogP contribution in [0.1, 0.15) is 169 Å². The first-order chi connectivity index (χ1) is 41.2. The third-order valence-corrected chi connectivity index (χ3v) is 16.7. The van der Waals surface area contributed by atoms with Gasteiger partial charge < -0.3 is 60.7 Å². The summed E-state index contributed by atoms with van der Waals surface area (Å²) >= 11 is 0. The van der Waals surface area contributed by atoms with Gasteiger partial charge in [-0.15, -0.1) is 0 Å². The highest BCUT2D eigenvalue weighted by Crippen LogP contribution is 2.26. The molecule has 5 N–H and O–H groups in total. The van der Waals surface area contributed by atoms with Crippen LogP contribution in [0, 0.1) is 52.8 Å². The Hall–Kier alpha value is -6.64. The highest BCUT2D eigenvalue weighted by Gasteiger charge is 2.46. The summed E-state index contributed by atoms with van der Waals surface area (Å²) in [6.07, 6.45) is 4.52. The highest BCUT2D eigenvalue weighted by atomic mass is 16.3. The summed E-state index contributed by atoms with van der Waals surface area (Å²) in [7, 11) is 9.86. The molecule has 1 rings (SSSR count). The number of unbranched alkanes of at least 4 members (excludes halogenated alkanes) is 2. The molecule has 24 nitrogen and oxygen atoms in total. The molecule has 89 heavy (non-hydrogen) atoms. The fraction of sp³-hybridized carbons (Fsp3) is 0.785. The highest BCUT2D eigenvalue weighted by molar-refractivity contribution is 5.99. The second kappa shape index (κ2) is 37.5. The minimum Gasteiger partial charge on any atom is -0.390 e. The van der Waals surface area contributed by atoms with Gasteiger partial charge in [0, 0.05) is 55.8 Å². The predicted octanol–water partition coefficient (Wildman–Crippen LogP) is 3.94. The maximum Gasteiger partial charge on any atom is 0.246 e. The summed E-state index contributed by atoms with van der Waals surface area (Å²) in [4.78, 5) is 169. The Bertz CT molecular complexity index is 2480. The van der Waals surface area contributed by atoms with E-state index in [0.717, 1.165) is 9.80 Å². The van der Waals surface area contributed by atoms with E-state index in [1.54, 1.807) is 41.5 Å². The van der Waals surface area contributed by atoms with Gasteiger partial charge in [0.1, 0.15) is 60.4 Å². The van der Waals surface area contributed by atoms with E-state index < -0.39 is 156 Å². The first kappa shape index (κ1) is 80.4. The zero-order valence-corrected chi connectivity index (χ0v) is 58.1. The van der Waals surface area contributed by atoms with E-state index in [9.17, 15) is 43.5 Å². The number of carbonyl (C=O) groups is 11. The van der Waals surface area contributed by atoms with E-state index in [0.29, 0.717) is 19.3 Å². The maximum absolute atomic E-state index is 15.2. The first-order valence-corrected chi connectivity index (χ1v) is 32.0. The number of allylic oxidation sites excluding steroid dienone is 2. The number of nitrogens with zero attached hydrogens (tertiary/aromatic N) is 8. The van der Waals surface area contributed by atoms with Crippen LogP contribution in [0.15, 0.2) is 12.2 Å². The standard InChI is InChI=1S/C65H114N12O12/c1-24-46-61(85)71(17)36-51(78)72(18)47(32-37(2)3)58(82)70-52(41(10)11)64(88)73(19)48(33-38(4)5)57(81)67-44(15)56(80)68-45(16)60(84)74(20)49(34-39(6)7)62(86)75(21)50(35-40(8)9)63(87)76(22)53(42(12)13)65(89)77(23)54(59(83)69-46)55(79)43(14)30-28-26-25-27-29-31-66/h26,28,37-50,52-55,79H,24-25,27,29-30,32-36H2,1-23H3,(H,67,81)(H,68,80)(H,69,83)(H,70,82)/b28-26+/t43-,44+,45-,46+,47+,48+,49+,50+,52+,53+,54?,55-/m1/s1. The van der Waals surface area contributed by atoms with Crippen molar-refractivity contribution in [3.63, 3.8) is 0 Å². The molecule has 1 fully saturated rings. The lowest BCUT2D eigenvalue weighted by molar-refractivity contribution is -0.157. The summed E-state index contributed by atoms with van der Waals surface area (Å²) in [5.74, 6) is -9.99. The molecule has 0 bridgehead atoms.